The Hall–Kier alpha value is -1.60. The number of nitrogens with one attached hydrogen (secondary N) is 1. The first-order chi connectivity index (χ1) is 8.92. The van der Waals surface area contributed by atoms with Crippen LogP contribution in [-0.2, 0) is 16.4 Å². The molecule has 1 aromatic heterocycles. The molecule has 0 fully saturated rings. The maximum absolute atomic E-state index is 12.2. The predicted molar refractivity (Wildman–Crippen MR) is 77.9 cm³/mol. The molecule has 3 N–H and O–H groups in total. The number of hydrogen-bond donors (Lipinski definition) is 2. The summed E-state index contributed by atoms with van der Waals surface area (Å²) in [6.45, 7) is 3.64. The molecule has 0 saturated heterocycles. The SMILES string of the molecule is CCc1cccc(NS(=O)(=O)c2sc(N)nc2C)c1. The number of nitrogens with two attached hydrogens (primary N) is 1. The highest BCUT2D eigenvalue weighted by atomic mass is 32.2. The van der Waals surface area contributed by atoms with E-state index in [1.807, 2.05) is 25.1 Å². The van der Waals surface area contributed by atoms with E-state index < -0.39 is 10.0 Å². The molecule has 0 atom stereocenters. The molecule has 0 aliphatic heterocycles. The fourth-order valence-electron chi connectivity index (χ4n) is 1.71. The van der Waals surface area contributed by atoms with Gasteiger partial charge in [-0.2, -0.15) is 0 Å². The molecule has 7 heteroatoms. The number of rotatable bonds is 4. The molecule has 2 rings (SSSR count). The molecule has 0 aliphatic rings. The topological polar surface area (TPSA) is 85.1 Å². The van der Waals surface area contributed by atoms with E-state index in [1.165, 1.54) is 0 Å². The Morgan fingerprint density at radius 2 is 2.16 bits per heavy atom. The van der Waals surface area contributed by atoms with Crippen molar-refractivity contribution in [2.24, 2.45) is 0 Å². The lowest BCUT2D eigenvalue weighted by atomic mass is 10.1. The van der Waals surface area contributed by atoms with Crippen LogP contribution in [0.3, 0.4) is 0 Å². The molecule has 0 amide bonds. The van der Waals surface area contributed by atoms with Gasteiger partial charge in [-0.05, 0) is 31.0 Å². The van der Waals surface area contributed by atoms with Crippen molar-refractivity contribution in [1.29, 1.82) is 0 Å². The summed E-state index contributed by atoms with van der Waals surface area (Å²) in [6.07, 6.45) is 0.849. The molecule has 0 spiro atoms. The molecular weight excluding hydrogens is 282 g/mol. The molecule has 0 aliphatic carbocycles. The van der Waals surface area contributed by atoms with Gasteiger partial charge in [0.1, 0.15) is 0 Å². The monoisotopic (exact) mass is 297 g/mol. The third-order valence-electron chi connectivity index (χ3n) is 2.60. The fraction of sp³-hybridized carbons (Fsp3) is 0.250. The lowest BCUT2D eigenvalue weighted by molar-refractivity contribution is 0.602. The first-order valence-electron chi connectivity index (χ1n) is 5.77. The first-order valence-corrected chi connectivity index (χ1v) is 8.07. The summed E-state index contributed by atoms with van der Waals surface area (Å²) in [4.78, 5) is 3.93. The zero-order valence-electron chi connectivity index (χ0n) is 10.7. The van der Waals surface area contributed by atoms with Crippen molar-refractivity contribution in [2.45, 2.75) is 24.5 Å². The summed E-state index contributed by atoms with van der Waals surface area (Å²) in [6, 6.07) is 7.31. The Labute approximate surface area is 116 Å². The van der Waals surface area contributed by atoms with Crippen LogP contribution >= 0.6 is 11.3 Å². The van der Waals surface area contributed by atoms with Crippen molar-refractivity contribution in [2.75, 3.05) is 10.5 Å². The van der Waals surface area contributed by atoms with E-state index in [2.05, 4.69) is 9.71 Å². The molecular formula is C12H15N3O2S2. The number of hydrogen-bond acceptors (Lipinski definition) is 5. The van der Waals surface area contributed by atoms with Crippen LogP contribution in [0.1, 0.15) is 18.2 Å². The first kappa shape index (κ1) is 13.8. The van der Waals surface area contributed by atoms with Crippen molar-refractivity contribution in [3.05, 3.63) is 35.5 Å². The van der Waals surface area contributed by atoms with E-state index in [4.69, 9.17) is 5.73 Å². The van der Waals surface area contributed by atoms with Gasteiger partial charge in [-0.3, -0.25) is 4.72 Å². The number of aromatic nitrogens is 1. The lowest BCUT2D eigenvalue weighted by Crippen LogP contribution is -2.12. The number of benzene rings is 1. The number of nitrogens with zero attached hydrogens (tertiary/aromatic N) is 1. The number of aryl methyl sites for hydroxylation is 2. The van der Waals surface area contributed by atoms with Gasteiger partial charge in [0.15, 0.2) is 9.34 Å². The van der Waals surface area contributed by atoms with Crippen molar-refractivity contribution < 1.29 is 8.42 Å². The van der Waals surface area contributed by atoms with Gasteiger partial charge in [-0.1, -0.05) is 30.4 Å². The van der Waals surface area contributed by atoms with Gasteiger partial charge in [-0.15, -0.1) is 0 Å². The Bertz CT molecular complexity index is 693. The minimum absolute atomic E-state index is 0.159. The summed E-state index contributed by atoms with van der Waals surface area (Å²) < 4.78 is 27.2. The average Bonchev–Trinajstić information content (AvgIpc) is 2.69. The van der Waals surface area contributed by atoms with Crippen LogP contribution in [0, 0.1) is 6.92 Å². The van der Waals surface area contributed by atoms with Gasteiger partial charge in [0, 0.05) is 5.69 Å². The molecule has 2 aromatic rings. The van der Waals surface area contributed by atoms with Crippen LogP contribution in [0.15, 0.2) is 28.5 Å². The molecule has 1 heterocycles. The van der Waals surface area contributed by atoms with Gasteiger partial charge in [0.2, 0.25) is 0 Å². The number of sulfonamides is 1. The highest BCUT2D eigenvalue weighted by Gasteiger charge is 2.21. The van der Waals surface area contributed by atoms with E-state index in [0.29, 0.717) is 11.4 Å². The Balaban J connectivity index is 2.33. The molecule has 102 valence electrons. The quantitative estimate of drug-likeness (QED) is 0.907. The molecule has 19 heavy (non-hydrogen) atoms. The minimum Gasteiger partial charge on any atom is -0.375 e. The van der Waals surface area contributed by atoms with Gasteiger partial charge < -0.3 is 5.73 Å². The summed E-state index contributed by atoms with van der Waals surface area (Å²) >= 11 is 0.967. The normalized spacial score (nSPS) is 11.5. The van der Waals surface area contributed by atoms with Crippen LogP contribution in [0.5, 0.6) is 0 Å². The summed E-state index contributed by atoms with van der Waals surface area (Å²) in [5, 5.41) is 0.250. The van der Waals surface area contributed by atoms with Crippen molar-refractivity contribution >= 4 is 32.2 Å². The maximum atomic E-state index is 12.2. The van der Waals surface area contributed by atoms with Crippen LogP contribution in [-0.4, -0.2) is 13.4 Å². The van der Waals surface area contributed by atoms with Crippen LogP contribution < -0.4 is 10.5 Å². The molecule has 0 saturated carbocycles. The molecule has 0 radical (unpaired) electrons. The van der Waals surface area contributed by atoms with Gasteiger partial charge in [-0.25, -0.2) is 13.4 Å². The third-order valence-corrected chi connectivity index (χ3v) is 5.58. The Morgan fingerprint density at radius 1 is 1.42 bits per heavy atom. The van der Waals surface area contributed by atoms with Crippen molar-refractivity contribution in [3.8, 4) is 0 Å². The van der Waals surface area contributed by atoms with E-state index >= 15 is 0 Å². The summed E-state index contributed by atoms with van der Waals surface area (Å²) in [5.74, 6) is 0. The van der Waals surface area contributed by atoms with E-state index in [-0.39, 0.29) is 9.34 Å². The second-order valence-corrected chi connectivity index (χ2v) is 6.99. The summed E-state index contributed by atoms with van der Waals surface area (Å²) in [5.41, 5.74) is 7.57. The molecule has 5 nitrogen and oxygen atoms in total. The second kappa shape index (κ2) is 5.18. The van der Waals surface area contributed by atoms with Crippen LogP contribution in [0.4, 0.5) is 10.8 Å². The highest BCUT2D eigenvalue weighted by molar-refractivity contribution is 7.94. The number of thiazole rings is 1. The standard InChI is InChI=1S/C12H15N3O2S2/c1-3-9-5-4-6-10(7-9)15-19(16,17)11-8(2)14-12(13)18-11/h4-7,15H,3H2,1-2H3,(H2,13,14). The van der Waals surface area contributed by atoms with Crippen molar-refractivity contribution in [1.82, 2.24) is 4.98 Å². The van der Waals surface area contributed by atoms with E-state index in [1.54, 1.807) is 13.0 Å². The van der Waals surface area contributed by atoms with Gasteiger partial charge in [0.05, 0.1) is 5.69 Å². The largest absolute Gasteiger partial charge is 0.375 e. The third kappa shape index (κ3) is 3.05. The molecule has 1 aromatic carbocycles. The minimum atomic E-state index is -3.62. The van der Waals surface area contributed by atoms with Gasteiger partial charge >= 0.3 is 0 Å². The fourth-order valence-corrected chi connectivity index (χ4v) is 4.06. The smallest absolute Gasteiger partial charge is 0.273 e. The van der Waals surface area contributed by atoms with E-state index in [0.717, 1.165) is 23.3 Å². The lowest BCUT2D eigenvalue weighted by Gasteiger charge is -2.07. The van der Waals surface area contributed by atoms with Gasteiger partial charge in [0.25, 0.3) is 10.0 Å². The highest BCUT2D eigenvalue weighted by Crippen LogP contribution is 2.27. The Morgan fingerprint density at radius 3 is 2.74 bits per heavy atom. The van der Waals surface area contributed by atoms with Crippen LogP contribution in [0.2, 0.25) is 0 Å². The zero-order chi connectivity index (χ0) is 14.0. The molecule has 0 unspecified atom stereocenters. The average molecular weight is 297 g/mol. The predicted octanol–water partition coefficient (Wildman–Crippen LogP) is 2.40. The van der Waals surface area contributed by atoms with E-state index in [9.17, 15) is 8.42 Å². The van der Waals surface area contributed by atoms with Crippen LogP contribution in [0.25, 0.3) is 0 Å². The zero-order valence-corrected chi connectivity index (χ0v) is 12.3. The number of anilines is 2. The summed E-state index contributed by atoms with van der Waals surface area (Å²) in [7, 11) is -3.62. The number of nitrogen functional groups attached to an aromatic ring is 1. The van der Waals surface area contributed by atoms with Crippen molar-refractivity contribution in [3.63, 3.8) is 0 Å². The molecule has 0 bridgehead atoms. The maximum Gasteiger partial charge on any atom is 0.273 e. The second-order valence-electron chi connectivity index (χ2n) is 4.08. The Kier molecular flexibility index (Phi) is 3.77.